The van der Waals surface area contributed by atoms with E-state index >= 15 is 0 Å². The van der Waals surface area contributed by atoms with E-state index in [4.69, 9.17) is 0 Å². The molecular formula is C29H47N3O5. The lowest BCUT2D eigenvalue weighted by atomic mass is 9.81. The number of likely N-dealkylation sites (tertiary alicyclic amines) is 1. The Kier molecular flexibility index (Phi) is 12.0. The van der Waals surface area contributed by atoms with Gasteiger partial charge in [-0.05, 0) is 30.6 Å². The smallest absolute Gasteiger partial charge is 0.253 e. The maximum absolute atomic E-state index is 13.3. The summed E-state index contributed by atoms with van der Waals surface area (Å²) < 4.78 is 0. The van der Waals surface area contributed by atoms with Crippen molar-refractivity contribution >= 4 is 29.5 Å². The van der Waals surface area contributed by atoms with E-state index in [1.807, 2.05) is 13.8 Å². The van der Waals surface area contributed by atoms with Crippen LogP contribution in [0.5, 0.6) is 0 Å². The van der Waals surface area contributed by atoms with E-state index in [0.717, 1.165) is 25.7 Å². The second-order valence-corrected chi connectivity index (χ2v) is 11.5. The Labute approximate surface area is 222 Å². The Morgan fingerprint density at radius 2 is 1.57 bits per heavy atom. The lowest BCUT2D eigenvalue weighted by Gasteiger charge is -2.33. The van der Waals surface area contributed by atoms with Gasteiger partial charge < -0.3 is 4.90 Å². The van der Waals surface area contributed by atoms with E-state index in [1.54, 1.807) is 11.8 Å². The number of amides is 5. The molecule has 5 amide bonds. The normalized spacial score (nSPS) is 18.9. The first-order valence-electron chi connectivity index (χ1n) is 14.2. The van der Waals surface area contributed by atoms with Crippen LogP contribution in [-0.2, 0) is 24.0 Å². The van der Waals surface area contributed by atoms with Crippen molar-refractivity contribution in [3.8, 4) is 0 Å². The quantitative estimate of drug-likeness (QED) is 0.210. The third-order valence-corrected chi connectivity index (χ3v) is 7.45. The number of unbranched alkanes of at least 4 members (excludes halogenated alkanes) is 6. The molecule has 2 aliphatic heterocycles. The van der Waals surface area contributed by atoms with Crippen LogP contribution < -0.4 is 0 Å². The van der Waals surface area contributed by atoms with Gasteiger partial charge in [-0.15, -0.1) is 0 Å². The maximum atomic E-state index is 13.3. The molecule has 8 heteroatoms. The second-order valence-electron chi connectivity index (χ2n) is 11.5. The van der Waals surface area contributed by atoms with Gasteiger partial charge in [-0.1, -0.05) is 73.1 Å². The van der Waals surface area contributed by atoms with Gasteiger partial charge in [-0.3, -0.25) is 33.8 Å². The summed E-state index contributed by atoms with van der Waals surface area (Å²) in [5.41, 5.74) is -0.338. The van der Waals surface area contributed by atoms with Crippen molar-refractivity contribution in [2.24, 2.45) is 11.3 Å². The molecule has 0 aromatic carbocycles. The molecule has 2 unspecified atom stereocenters. The second kappa shape index (κ2) is 14.4. The largest absolute Gasteiger partial charge is 0.330 e. The van der Waals surface area contributed by atoms with Crippen LogP contribution in [0.4, 0.5) is 0 Å². The van der Waals surface area contributed by atoms with E-state index in [9.17, 15) is 24.0 Å². The van der Waals surface area contributed by atoms with Gasteiger partial charge in [0.25, 0.3) is 17.7 Å². The van der Waals surface area contributed by atoms with Crippen molar-refractivity contribution in [3.63, 3.8) is 0 Å². The number of imide groups is 2. The van der Waals surface area contributed by atoms with Crippen LogP contribution in [0.1, 0.15) is 105 Å². The fourth-order valence-electron chi connectivity index (χ4n) is 5.51. The van der Waals surface area contributed by atoms with Crippen LogP contribution in [0.25, 0.3) is 0 Å². The van der Waals surface area contributed by atoms with Gasteiger partial charge in [0, 0.05) is 38.2 Å². The van der Waals surface area contributed by atoms with Gasteiger partial charge in [0.15, 0.2) is 0 Å². The summed E-state index contributed by atoms with van der Waals surface area (Å²) in [6, 6.07) is -0.701. The Bertz CT molecular complexity index is 848. The monoisotopic (exact) mass is 517 g/mol. The molecule has 0 radical (unpaired) electrons. The van der Waals surface area contributed by atoms with E-state index in [-0.39, 0.29) is 47.3 Å². The van der Waals surface area contributed by atoms with Crippen LogP contribution in [0.15, 0.2) is 12.2 Å². The van der Waals surface area contributed by atoms with E-state index in [2.05, 4.69) is 13.8 Å². The minimum atomic E-state index is -0.701. The number of hydrogen-bond donors (Lipinski definition) is 0. The van der Waals surface area contributed by atoms with Crippen LogP contribution in [0, 0.1) is 11.3 Å². The van der Waals surface area contributed by atoms with Crippen LogP contribution in [0.3, 0.4) is 0 Å². The summed E-state index contributed by atoms with van der Waals surface area (Å²) in [6.07, 6.45) is 12.2. The minimum Gasteiger partial charge on any atom is -0.330 e. The first-order chi connectivity index (χ1) is 17.5. The maximum Gasteiger partial charge on any atom is 0.253 e. The molecule has 1 saturated heterocycles. The van der Waals surface area contributed by atoms with Crippen molar-refractivity contribution < 1.29 is 24.0 Å². The zero-order valence-electron chi connectivity index (χ0n) is 23.6. The Morgan fingerprint density at radius 1 is 0.973 bits per heavy atom. The molecule has 2 rings (SSSR count). The lowest BCUT2D eigenvalue weighted by Crippen LogP contribution is -2.47. The Balaban J connectivity index is 1.90. The standard InChI is InChI=1S/C29H47N3O5/c1-6-8-9-10-11-12-13-17-30(24(33)7-2)23-19-27(36)32(28(23)37)21-29(4,5)20-22(3)16-18-31-25(34)14-15-26(31)35/h14-15,22-23H,6-13,16-21H2,1-5H3. The lowest BCUT2D eigenvalue weighted by molar-refractivity contribution is -0.145. The molecule has 2 aliphatic rings. The Hall–Kier alpha value is -2.51. The summed E-state index contributed by atoms with van der Waals surface area (Å²) in [5, 5.41) is 0. The molecule has 2 heterocycles. The molecule has 0 aromatic heterocycles. The van der Waals surface area contributed by atoms with Crippen LogP contribution >= 0.6 is 0 Å². The molecule has 0 aromatic rings. The van der Waals surface area contributed by atoms with Crippen LogP contribution in [-0.4, -0.2) is 69.9 Å². The summed E-state index contributed by atoms with van der Waals surface area (Å²) in [5.74, 6) is -0.933. The van der Waals surface area contributed by atoms with Gasteiger partial charge in [0.2, 0.25) is 11.8 Å². The van der Waals surface area contributed by atoms with Gasteiger partial charge in [0.05, 0.1) is 6.42 Å². The number of hydrogen-bond acceptors (Lipinski definition) is 5. The molecule has 0 N–H and O–H groups in total. The third kappa shape index (κ3) is 9.08. The first-order valence-corrected chi connectivity index (χ1v) is 14.2. The van der Waals surface area contributed by atoms with Crippen LogP contribution in [0.2, 0.25) is 0 Å². The molecule has 1 fully saturated rings. The molecule has 0 aliphatic carbocycles. The molecule has 208 valence electrons. The molecule has 8 nitrogen and oxygen atoms in total. The Morgan fingerprint density at radius 3 is 2.16 bits per heavy atom. The van der Waals surface area contributed by atoms with Gasteiger partial charge in [-0.25, -0.2) is 0 Å². The van der Waals surface area contributed by atoms with Crippen molar-refractivity contribution in [1.82, 2.24) is 14.7 Å². The van der Waals surface area contributed by atoms with Crippen molar-refractivity contribution in [3.05, 3.63) is 12.2 Å². The summed E-state index contributed by atoms with van der Waals surface area (Å²) in [4.78, 5) is 66.7. The predicted molar refractivity (Wildman–Crippen MR) is 143 cm³/mol. The molecule has 2 atom stereocenters. The number of carbonyl (C=O) groups is 5. The topological polar surface area (TPSA) is 95.1 Å². The third-order valence-electron chi connectivity index (χ3n) is 7.45. The highest BCUT2D eigenvalue weighted by molar-refractivity contribution is 6.12. The van der Waals surface area contributed by atoms with Gasteiger partial charge >= 0.3 is 0 Å². The van der Waals surface area contributed by atoms with Crippen molar-refractivity contribution in [1.29, 1.82) is 0 Å². The van der Waals surface area contributed by atoms with Crippen molar-refractivity contribution in [2.75, 3.05) is 19.6 Å². The van der Waals surface area contributed by atoms with Crippen molar-refractivity contribution in [2.45, 2.75) is 111 Å². The van der Waals surface area contributed by atoms with E-state index in [0.29, 0.717) is 32.5 Å². The fraction of sp³-hybridized carbons (Fsp3) is 0.759. The highest BCUT2D eigenvalue weighted by Gasteiger charge is 2.44. The highest BCUT2D eigenvalue weighted by atomic mass is 16.2. The average molecular weight is 518 g/mol. The van der Waals surface area contributed by atoms with E-state index < -0.39 is 6.04 Å². The molecular weight excluding hydrogens is 470 g/mol. The predicted octanol–water partition coefficient (Wildman–Crippen LogP) is 4.47. The molecule has 37 heavy (non-hydrogen) atoms. The number of rotatable bonds is 17. The molecule has 0 spiro atoms. The first kappa shape index (κ1) is 30.7. The zero-order chi connectivity index (χ0) is 27.6. The minimum absolute atomic E-state index is 0.0545. The number of carbonyl (C=O) groups excluding carboxylic acids is 5. The zero-order valence-corrected chi connectivity index (χ0v) is 23.6. The van der Waals surface area contributed by atoms with E-state index in [1.165, 1.54) is 47.6 Å². The summed E-state index contributed by atoms with van der Waals surface area (Å²) in [6.45, 7) is 11.3. The SMILES string of the molecule is CCCCCCCCCN(C(=O)CC)C1CC(=O)N(CC(C)(C)CC(C)CCN2C(=O)C=CC2=O)C1=O. The number of nitrogens with zero attached hydrogens (tertiary/aromatic N) is 3. The molecule has 0 bridgehead atoms. The summed E-state index contributed by atoms with van der Waals surface area (Å²) in [7, 11) is 0. The average Bonchev–Trinajstić information content (AvgIpc) is 3.30. The highest BCUT2D eigenvalue weighted by Crippen LogP contribution is 2.31. The summed E-state index contributed by atoms with van der Waals surface area (Å²) >= 11 is 0. The fourth-order valence-corrected chi connectivity index (χ4v) is 5.51. The van der Waals surface area contributed by atoms with Gasteiger partial charge in [0.1, 0.15) is 6.04 Å². The molecule has 0 saturated carbocycles. The van der Waals surface area contributed by atoms with Gasteiger partial charge in [-0.2, -0.15) is 0 Å².